The van der Waals surface area contributed by atoms with Crippen LogP contribution in [0.4, 0.5) is 0 Å². The number of nitrogens with zero attached hydrogens (tertiary/aromatic N) is 3. The van der Waals surface area contributed by atoms with E-state index in [1.165, 1.54) is 0 Å². The number of carbonyl (C=O) groups is 1. The fourth-order valence-electron chi connectivity index (χ4n) is 2.43. The summed E-state index contributed by atoms with van der Waals surface area (Å²) in [5, 5.41) is 13.9. The lowest BCUT2D eigenvalue weighted by Crippen LogP contribution is -2.07. The van der Waals surface area contributed by atoms with Crippen molar-refractivity contribution in [2.45, 2.75) is 13.5 Å². The quantitative estimate of drug-likeness (QED) is 0.676. The van der Waals surface area contributed by atoms with Gasteiger partial charge >= 0.3 is 0 Å². The number of nitriles is 1. The van der Waals surface area contributed by atoms with Crippen molar-refractivity contribution in [3.05, 3.63) is 77.1 Å². The van der Waals surface area contributed by atoms with Gasteiger partial charge in [-0.2, -0.15) is 10.4 Å². The molecule has 0 aliphatic carbocycles. The zero-order valence-electron chi connectivity index (χ0n) is 13.1. The fourth-order valence-corrected chi connectivity index (χ4v) is 2.43. The molecule has 118 valence electrons. The Kier molecular flexibility index (Phi) is 4.39. The summed E-state index contributed by atoms with van der Waals surface area (Å²) in [4.78, 5) is 10.7. The summed E-state index contributed by atoms with van der Waals surface area (Å²) in [5.74, 6) is 0.628. The van der Waals surface area contributed by atoms with E-state index in [4.69, 9.17) is 4.74 Å². The zero-order chi connectivity index (χ0) is 16.9. The molecule has 0 saturated carbocycles. The predicted molar refractivity (Wildman–Crippen MR) is 89.2 cm³/mol. The van der Waals surface area contributed by atoms with Crippen molar-refractivity contribution in [1.29, 1.82) is 5.26 Å². The summed E-state index contributed by atoms with van der Waals surface area (Å²) in [5.41, 5.74) is 3.34. The smallest absolute Gasteiger partial charge is 0.150 e. The van der Waals surface area contributed by atoms with Crippen molar-refractivity contribution in [3.63, 3.8) is 0 Å². The van der Waals surface area contributed by atoms with Crippen LogP contribution in [0.5, 0.6) is 5.75 Å². The number of aldehydes is 1. The molecule has 0 amide bonds. The van der Waals surface area contributed by atoms with Crippen LogP contribution in [0, 0.1) is 18.3 Å². The number of ether oxygens (including phenoxy) is 1. The Hall–Kier alpha value is -3.39. The molecule has 1 heterocycles. The molecule has 5 heteroatoms. The van der Waals surface area contributed by atoms with Crippen molar-refractivity contribution < 1.29 is 9.53 Å². The molecular formula is C19H15N3O2. The SMILES string of the molecule is Cc1nn(-c2ccccc2)c(COc2ccc(C=O)cc2)c1C#N. The number of hydrogen-bond donors (Lipinski definition) is 0. The van der Waals surface area contributed by atoms with Crippen LogP contribution in [0.25, 0.3) is 5.69 Å². The maximum Gasteiger partial charge on any atom is 0.150 e. The molecule has 0 saturated heterocycles. The summed E-state index contributed by atoms with van der Waals surface area (Å²) in [6.07, 6.45) is 0.783. The zero-order valence-corrected chi connectivity index (χ0v) is 13.1. The molecule has 0 atom stereocenters. The average Bonchev–Trinajstić information content (AvgIpc) is 2.96. The number of para-hydroxylation sites is 1. The molecular weight excluding hydrogens is 302 g/mol. The van der Waals surface area contributed by atoms with Crippen LogP contribution < -0.4 is 4.74 Å². The van der Waals surface area contributed by atoms with Crippen LogP contribution in [-0.4, -0.2) is 16.1 Å². The van der Waals surface area contributed by atoms with E-state index in [9.17, 15) is 10.1 Å². The van der Waals surface area contributed by atoms with E-state index in [-0.39, 0.29) is 6.61 Å². The molecule has 0 fully saturated rings. The van der Waals surface area contributed by atoms with Crippen LogP contribution in [0.3, 0.4) is 0 Å². The van der Waals surface area contributed by atoms with Crippen LogP contribution in [-0.2, 0) is 6.61 Å². The second kappa shape index (κ2) is 6.80. The highest BCUT2D eigenvalue weighted by molar-refractivity contribution is 5.74. The number of aryl methyl sites for hydroxylation is 1. The molecule has 3 aromatic rings. The van der Waals surface area contributed by atoms with Crippen LogP contribution in [0.1, 0.15) is 27.3 Å². The summed E-state index contributed by atoms with van der Waals surface area (Å²) in [6, 6.07) is 18.6. The lowest BCUT2D eigenvalue weighted by molar-refractivity contribution is 0.112. The first-order valence-electron chi connectivity index (χ1n) is 7.45. The van der Waals surface area contributed by atoms with Gasteiger partial charge in [-0.25, -0.2) is 4.68 Å². The first-order chi connectivity index (χ1) is 11.7. The van der Waals surface area contributed by atoms with Gasteiger partial charge < -0.3 is 4.74 Å². The van der Waals surface area contributed by atoms with Crippen molar-refractivity contribution in [3.8, 4) is 17.5 Å². The Morgan fingerprint density at radius 1 is 1.17 bits per heavy atom. The highest BCUT2D eigenvalue weighted by atomic mass is 16.5. The van der Waals surface area contributed by atoms with E-state index in [2.05, 4.69) is 11.2 Å². The standard InChI is InChI=1S/C19H15N3O2/c1-14-18(11-20)19(22(21-14)16-5-3-2-4-6-16)13-24-17-9-7-15(12-23)8-10-17/h2-10,12H,13H2,1H3. The normalized spacial score (nSPS) is 10.2. The number of benzene rings is 2. The Bertz CT molecular complexity index is 891. The lowest BCUT2D eigenvalue weighted by atomic mass is 10.2. The number of carbonyl (C=O) groups excluding carboxylic acids is 1. The highest BCUT2D eigenvalue weighted by Gasteiger charge is 2.16. The Morgan fingerprint density at radius 3 is 2.50 bits per heavy atom. The molecule has 0 radical (unpaired) electrons. The molecule has 5 nitrogen and oxygen atoms in total. The number of hydrogen-bond acceptors (Lipinski definition) is 4. The number of rotatable bonds is 5. The van der Waals surface area contributed by atoms with Crippen molar-refractivity contribution in [2.75, 3.05) is 0 Å². The van der Waals surface area contributed by atoms with E-state index in [0.29, 0.717) is 28.3 Å². The third-order valence-electron chi connectivity index (χ3n) is 3.66. The van der Waals surface area contributed by atoms with Gasteiger partial charge in [0.2, 0.25) is 0 Å². The van der Waals surface area contributed by atoms with Gasteiger partial charge in [-0.15, -0.1) is 0 Å². The van der Waals surface area contributed by atoms with E-state index in [1.54, 1.807) is 35.9 Å². The minimum Gasteiger partial charge on any atom is -0.487 e. The molecule has 2 aromatic carbocycles. The Balaban J connectivity index is 1.91. The van der Waals surface area contributed by atoms with Crippen LogP contribution in [0.15, 0.2) is 54.6 Å². The van der Waals surface area contributed by atoms with Gasteiger partial charge in [-0.05, 0) is 43.3 Å². The van der Waals surface area contributed by atoms with E-state index in [0.717, 1.165) is 12.0 Å². The minimum absolute atomic E-state index is 0.207. The predicted octanol–water partition coefficient (Wildman–Crippen LogP) is 3.44. The monoisotopic (exact) mass is 317 g/mol. The van der Waals surface area contributed by atoms with Crippen LogP contribution >= 0.6 is 0 Å². The second-order valence-corrected chi connectivity index (χ2v) is 5.24. The average molecular weight is 317 g/mol. The van der Waals surface area contributed by atoms with Gasteiger partial charge in [-0.1, -0.05) is 18.2 Å². The maximum absolute atomic E-state index is 10.7. The number of aromatic nitrogens is 2. The summed E-state index contributed by atoms with van der Waals surface area (Å²) >= 11 is 0. The summed E-state index contributed by atoms with van der Waals surface area (Å²) in [6.45, 7) is 2.01. The molecule has 0 aliphatic heterocycles. The first kappa shape index (κ1) is 15.5. The molecule has 0 aliphatic rings. The van der Waals surface area contributed by atoms with E-state index >= 15 is 0 Å². The first-order valence-corrected chi connectivity index (χ1v) is 7.45. The molecule has 3 rings (SSSR count). The molecule has 1 aromatic heterocycles. The fraction of sp³-hybridized carbons (Fsp3) is 0.105. The van der Waals surface area contributed by atoms with Crippen molar-refractivity contribution >= 4 is 6.29 Å². The topological polar surface area (TPSA) is 67.9 Å². The Morgan fingerprint density at radius 2 is 1.88 bits per heavy atom. The van der Waals surface area contributed by atoms with Gasteiger partial charge in [0.25, 0.3) is 0 Å². The van der Waals surface area contributed by atoms with E-state index < -0.39 is 0 Å². The lowest BCUT2D eigenvalue weighted by Gasteiger charge is -2.10. The van der Waals surface area contributed by atoms with Crippen molar-refractivity contribution in [2.24, 2.45) is 0 Å². The third kappa shape index (κ3) is 3.03. The van der Waals surface area contributed by atoms with Gasteiger partial charge in [0, 0.05) is 5.56 Å². The summed E-state index contributed by atoms with van der Waals surface area (Å²) in [7, 11) is 0. The maximum atomic E-state index is 10.7. The van der Waals surface area contributed by atoms with Gasteiger partial charge in [-0.3, -0.25) is 4.79 Å². The highest BCUT2D eigenvalue weighted by Crippen LogP contribution is 2.20. The third-order valence-corrected chi connectivity index (χ3v) is 3.66. The largest absolute Gasteiger partial charge is 0.487 e. The molecule has 0 N–H and O–H groups in total. The Labute approximate surface area is 139 Å². The van der Waals surface area contributed by atoms with E-state index in [1.807, 2.05) is 30.3 Å². The van der Waals surface area contributed by atoms with Gasteiger partial charge in [0.05, 0.1) is 17.1 Å². The van der Waals surface area contributed by atoms with Crippen LogP contribution in [0.2, 0.25) is 0 Å². The molecule has 0 unspecified atom stereocenters. The minimum atomic E-state index is 0.207. The van der Waals surface area contributed by atoms with Gasteiger partial charge in [0.15, 0.2) is 0 Å². The second-order valence-electron chi connectivity index (χ2n) is 5.24. The van der Waals surface area contributed by atoms with Gasteiger partial charge in [0.1, 0.15) is 30.3 Å². The molecule has 0 spiro atoms. The molecule has 24 heavy (non-hydrogen) atoms. The van der Waals surface area contributed by atoms with Crippen molar-refractivity contribution in [1.82, 2.24) is 9.78 Å². The summed E-state index contributed by atoms with van der Waals surface area (Å²) < 4.78 is 7.51. The molecule has 0 bridgehead atoms.